The van der Waals surface area contributed by atoms with Crippen molar-refractivity contribution in [3.63, 3.8) is 0 Å². The van der Waals surface area contributed by atoms with Crippen LogP contribution < -0.4 is 11.1 Å². The molecule has 0 rings (SSSR count). The Morgan fingerprint density at radius 2 is 2.14 bits per heavy atom. The molecule has 0 saturated carbocycles. The Kier molecular flexibility index (Phi) is 6.74. The summed E-state index contributed by atoms with van der Waals surface area (Å²) in [6.45, 7) is 2.68. The lowest BCUT2D eigenvalue weighted by Gasteiger charge is -2.06. The Labute approximate surface area is 83.7 Å². The summed E-state index contributed by atoms with van der Waals surface area (Å²) in [5.41, 5.74) is 5.24. The van der Waals surface area contributed by atoms with Crippen molar-refractivity contribution in [3.8, 4) is 0 Å². The Morgan fingerprint density at radius 3 is 2.64 bits per heavy atom. The van der Waals surface area contributed by atoms with Crippen LogP contribution in [0.5, 0.6) is 0 Å². The molecule has 5 heteroatoms. The molecule has 0 bridgehead atoms. The first-order valence-corrected chi connectivity index (χ1v) is 4.83. The SMILES string of the molecule is CCCCNC(=O)CCC(N)C(=O)O. The normalized spacial score (nSPS) is 12.1. The quantitative estimate of drug-likeness (QED) is 0.510. The van der Waals surface area contributed by atoms with E-state index in [4.69, 9.17) is 10.8 Å². The highest BCUT2D eigenvalue weighted by atomic mass is 16.4. The van der Waals surface area contributed by atoms with Gasteiger partial charge in [0.2, 0.25) is 5.91 Å². The molecule has 1 unspecified atom stereocenters. The van der Waals surface area contributed by atoms with Crippen molar-refractivity contribution in [1.29, 1.82) is 0 Å². The van der Waals surface area contributed by atoms with E-state index in [1.165, 1.54) is 0 Å². The lowest BCUT2D eigenvalue weighted by atomic mass is 10.1. The number of amides is 1. The summed E-state index contributed by atoms with van der Waals surface area (Å²) in [5, 5.41) is 11.1. The van der Waals surface area contributed by atoms with Crippen molar-refractivity contribution >= 4 is 11.9 Å². The first-order valence-electron chi connectivity index (χ1n) is 4.83. The number of carboxylic acids is 1. The van der Waals surface area contributed by atoms with Crippen molar-refractivity contribution < 1.29 is 14.7 Å². The topological polar surface area (TPSA) is 92.4 Å². The molecule has 0 fully saturated rings. The van der Waals surface area contributed by atoms with E-state index in [-0.39, 0.29) is 18.7 Å². The predicted molar refractivity (Wildman–Crippen MR) is 52.8 cm³/mol. The predicted octanol–water partition coefficient (Wildman–Crippen LogP) is 0.0948. The summed E-state index contributed by atoms with van der Waals surface area (Å²) >= 11 is 0. The molecule has 5 nitrogen and oxygen atoms in total. The zero-order valence-corrected chi connectivity index (χ0v) is 8.45. The van der Waals surface area contributed by atoms with E-state index >= 15 is 0 Å². The Bertz CT molecular complexity index is 194. The molecule has 0 aliphatic heterocycles. The number of hydrogen-bond donors (Lipinski definition) is 3. The molecule has 0 aliphatic rings. The Hall–Kier alpha value is -1.10. The molecule has 0 aromatic carbocycles. The number of hydrogen-bond acceptors (Lipinski definition) is 3. The van der Waals surface area contributed by atoms with Crippen LogP contribution in [-0.2, 0) is 9.59 Å². The highest BCUT2D eigenvalue weighted by Crippen LogP contribution is 1.94. The maximum atomic E-state index is 11.1. The molecule has 0 aromatic rings. The summed E-state index contributed by atoms with van der Waals surface area (Å²) in [5.74, 6) is -1.19. The molecule has 0 heterocycles. The van der Waals surface area contributed by atoms with Gasteiger partial charge in [0.15, 0.2) is 0 Å². The Balaban J connectivity index is 3.48. The standard InChI is InChI=1S/C9H18N2O3/c1-2-3-6-11-8(12)5-4-7(10)9(13)14/h7H,2-6,10H2,1H3,(H,11,12)(H,13,14). The van der Waals surface area contributed by atoms with E-state index in [1.54, 1.807) is 0 Å². The molecular weight excluding hydrogens is 184 g/mol. The largest absolute Gasteiger partial charge is 0.480 e. The van der Waals surface area contributed by atoms with Crippen LogP contribution in [0.4, 0.5) is 0 Å². The zero-order valence-electron chi connectivity index (χ0n) is 8.45. The molecule has 0 spiro atoms. The lowest BCUT2D eigenvalue weighted by molar-refractivity contribution is -0.138. The van der Waals surface area contributed by atoms with Crippen LogP contribution in [0, 0.1) is 0 Å². The van der Waals surface area contributed by atoms with Crippen molar-refractivity contribution in [2.24, 2.45) is 5.73 Å². The number of aliphatic carboxylic acids is 1. The Morgan fingerprint density at radius 1 is 1.50 bits per heavy atom. The molecule has 14 heavy (non-hydrogen) atoms. The second-order valence-electron chi connectivity index (χ2n) is 3.19. The molecule has 0 aromatic heterocycles. The van der Waals surface area contributed by atoms with Crippen LogP contribution >= 0.6 is 0 Å². The van der Waals surface area contributed by atoms with E-state index in [2.05, 4.69) is 5.32 Å². The summed E-state index contributed by atoms with van der Waals surface area (Å²) in [4.78, 5) is 21.4. The number of nitrogens with two attached hydrogens (primary N) is 1. The smallest absolute Gasteiger partial charge is 0.320 e. The van der Waals surface area contributed by atoms with Crippen LogP contribution in [0.1, 0.15) is 32.6 Å². The molecule has 1 amide bonds. The van der Waals surface area contributed by atoms with Crippen molar-refractivity contribution in [3.05, 3.63) is 0 Å². The van der Waals surface area contributed by atoms with Gasteiger partial charge in [-0.3, -0.25) is 9.59 Å². The third-order valence-corrected chi connectivity index (χ3v) is 1.85. The summed E-state index contributed by atoms with van der Waals surface area (Å²) in [6, 6.07) is -0.938. The number of carbonyl (C=O) groups is 2. The van der Waals surface area contributed by atoms with Gasteiger partial charge in [-0.1, -0.05) is 13.3 Å². The summed E-state index contributed by atoms with van der Waals surface area (Å²) in [6.07, 6.45) is 2.33. The molecule has 0 saturated heterocycles. The summed E-state index contributed by atoms with van der Waals surface area (Å²) < 4.78 is 0. The minimum absolute atomic E-state index is 0.129. The lowest BCUT2D eigenvalue weighted by Crippen LogP contribution is -2.32. The number of nitrogens with one attached hydrogen (secondary N) is 1. The third-order valence-electron chi connectivity index (χ3n) is 1.85. The van der Waals surface area contributed by atoms with Gasteiger partial charge in [-0.2, -0.15) is 0 Å². The fraction of sp³-hybridized carbons (Fsp3) is 0.778. The van der Waals surface area contributed by atoms with E-state index in [9.17, 15) is 9.59 Å². The van der Waals surface area contributed by atoms with Gasteiger partial charge in [0, 0.05) is 13.0 Å². The maximum Gasteiger partial charge on any atom is 0.320 e. The number of carbonyl (C=O) groups excluding carboxylic acids is 1. The van der Waals surface area contributed by atoms with Crippen LogP contribution in [0.15, 0.2) is 0 Å². The van der Waals surface area contributed by atoms with Crippen LogP contribution in [0.2, 0.25) is 0 Å². The van der Waals surface area contributed by atoms with Gasteiger partial charge >= 0.3 is 5.97 Å². The maximum absolute atomic E-state index is 11.1. The number of rotatable bonds is 7. The van der Waals surface area contributed by atoms with Gasteiger partial charge in [-0.25, -0.2) is 0 Å². The first-order chi connectivity index (χ1) is 6.57. The van der Waals surface area contributed by atoms with Gasteiger partial charge in [-0.05, 0) is 12.8 Å². The second-order valence-corrected chi connectivity index (χ2v) is 3.19. The molecule has 0 radical (unpaired) electrons. The van der Waals surface area contributed by atoms with Crippen LogP contribution in [0.3, 0.4) is 0 Å². The van der Waals surface area contributed by atoms with Gasteiger partial charge < -0.3 is 16.2 Å². The highest BCUT2D eigenvalue weighted by molar-refractivity contribution is 5.78. The van der Waals surface area contributed by atoms with E-state index in [0.29, 0.717) is 6.54 Å². The fourth-order valence-corrected chi connectivity index (χ4v) is 0.903. The zero-order chi connectivity index (χ0) is 11.0. The molecular formula is C9H18N2O3. The van der Waals surface area contributed by atoms with Crippen molar-refractivity contribution in [1.82, 2.24) is 5.32 Å². The number of unbranched alkanes of at least 4 members (excludes halogenated alkanes) is 1. The fourth-order valence-electron chi connectivity index (χ4n) is 0.903. The summed E-state index contributed by atoms with van der Waals surface area (Å²) in [7, 11) is 0. The highest BCUT2D eigenvalue weighted by Gasteiger charge is 2.12. The number of carboxylic acid groups (broad SMARTS) is 1. The first kappa shape index (κ1) is 12.9. The van der Waals surface area contributed by atoms with E-state index in [1.807, 2.05) is 6.92 Å². The van der Waals surface area contributed by atoms with Crippen LogP contribution in [0.25, 0.3) is 0 Å². The average molecular weight is 202 g/mol. The molecule has 4 N–H and O–H groups in total. The van der Waals surface area contributed by atoms with E-state index < -0.39 is 12.0 Å². The third kappa shape index (κ3) is 6.42. The minimum atomic E-state index is -1.06. The van der Waals surface area contributed by atoms with Gasteiger partial charge in [0.25, 0.3) is 0 Å². The van der Waals surface area contributed by atoms with Gasteiger partial charge in [0.05, 0.1) is 0 Å². The molecule has 82 valence electrons. The van der Waals surface area contributed by atoms with Crippen LogP contribution in [-0.4, -0.2) is 29.6 Å². The van der Waals surface area contributed by atoms with Crippen molar-refractivity contribution in [2.75, 3.05) is 6.54 Å². The minimum Gasteiger partial charge on any atom is -0.480 e. The second kappa shape index (κ2) is 7.32. The monoisotopic (exact) mass is 202 g/mol. The molecule has 0 aliphatic carbocycles. The van der Waals surface area contributed by atoms with E-state index in [0.717, 1.165) is 12.8 Å². The van der Waals surface area contributed by atoms with Crippen molar-refractivity contribution in [2.45, 2.75) is 38.6 Å². The average Bonchev–Trinajstić information content (AvgIpc) is 2.14. The van der Waals surface area contributed by atoms with Gasteiger partial charge in [0.1, 0.15) is 6.04 Å². The molecule has 1 atom stereocenters. The van der Waals surface area contributed by atoms with Gasteiger partial charge in [-0.15, -0.1) is 0 Å².